The summed E-state index contributed by atoms with van der Waals surface area (Å²) in [5.74, 6) is 0.0789. The molecule has 0 fully saturated rings. The topological polar surface area (TPSA) is 90.7 Å². The maximum absolute atomic E-state index is 11.4. The molecule has 92 valence electrons. The fourth-order valence-electron chi connectivity index (χ4n) is 1.50. The normalized spacial score (nSPS) is 9.76. The summed E-state index contributed by atoms with van der Waals surface area (Å²) in [6.45, 7) is 2.05. The van der Waals surface area contributed by atoms with Crippen molar-refractivity contribution in [1.29, 1.82) is 0 Å². The third-order valence-corrected chi connectivity index (χ3v) is 2.36. The lowest BCUT2D eigenvalue weighted by Gasteiger charge is -2.08. The number of carbonyl (C=O) groups is 1. The van der Waals surface area contributed by atoms with Crippen molar-refractivity contribution in [2.24, 2.45) is 16.5 Å². The van der Waals surface area contributed by atoms with E-state index in [1.54, 1.807) is 7.11 Å². The van der Waals surface area contributed by atoms with Gasteiger partial charge in [0.2, 0.25) is 0 Å². The zero-order valence-electron chi connectivity index (χ0n) is 10.1. The standard InChI is InChI=1S/C12H17N3O2/c1-3-8-4-5-9(10(6-8)17-2)7-11(16)15-12(13)14/h4-6H,3,7H2,1-2H3,(H4,13,14,15,16). The molecular formula is C12H17N3O2. The van der Waals surface area contributed by atoms with Gasteiger partial charge in [0.1, 0.15) is 5.75 Å². The molecule has 1 amide bonds. The summed E-state index contributed by atoms with van der Waals surface area (Å²) >= 11 is 0. The van der Waals surface area contributed by atoms with Crippen LogP contribution >= 0.6 is 0 Å². The molecule has 1 aromatic carbocycles. The number of aryl methyl sites for hydroxylation is 1. The summed E-state index contributed by atoms with van der Waals surface area (Å²) in [4.78, 5) is 14.9. The number of hydrogen-bond acceptors (Lipinski definition) is 2. The van der Waals surface area contributed by atoms with E-state index >= 15 is 0 Å². The van der Waals surface area contributed by atoms with E-state index in [1.165, 1.54) is 0 Å². The third-order valence-electron chi connectivity index (χ3n) is 2.36. The number of nitrogens with two attached hydrogens (primary N) is 2. The van der Waals surface area contributed by atoms with Crippen LogP contribution in [0.15, 0.2) is 23.2 Å². The molecule has 4 N–H and O–H groups in total. The van der Waals surface area contributed by atoms with E-state index in [0.717, 1.165) is 17.5 Å². The number of nitrogens with zero attached hydrogens (tertiary/aromatic N) is 1. The van der Waals surface area contributed by atoms with Crippen molar-refractivity contribution in [2.75, 3.05) is 7.11 Å². The Bertz CT molecular complexity index is 437. The van der Waals surface area contributed by atoms with Gasteiger partial charge in [-0.25, -0.2) is 0 Å². The zero-order chi connectivity index (χ0) is 12.8. The minimum atomic E-state index is -0.382. The molecule has 0 saturated carbocycles. The largest absolute Gasteiger partial charge is 0.496 e. The van der Waals surface area contributed by atoms with Gasteiger partial charge in [-0.15, -0.1) is 0 Å². The van der Waals surface area contributed by atoms with Crippen molar-refractivity contribution in [2.45, 2.75) is 19.8 Å². The van der Waals surface area contributed by atoms with Crippen molar-refractivity contribution in [3.8, 4) is 5.75 Å². The Kier molecular flexibility index (Phi) is 4.51. The van der Waals surface area contributed by atoms with Gasteiger partial charge in [0.25, 0.3) is 5.91 Å². The van der Waals surface area contributed by atoms with E-state index in [9.17, 15) is 4.79 Å². The molecule has 5 nitrogen and oxygen atoms in total. The monoisotopic (exact) mass is 235 g/mol. The van der Waals surface area contributed by atoms with E-state index in [1.807, 2.05) is 18.2 Å². The number of ether oxygens (including phenoxy) is 1. The van der Waals surface area contributed by atoms with Gasteiger partial charge in [-0.05, 0) is 18.1 Å². The number of benzene rings is 1. The maximum atomic E-state index is 11.4. The molecule has 0 aromatic heterocycles. The molecule has 17 heavy (non-hydrogen) atoms. The van der Waals surface area contributed by atoms with Crippen LogP contribution in [-0.4, -0.2) is 19.0 Å². The SMILES string of the molecule is CCc1ccc(CC(=O)N=C(N)N)c(OC)c1. The lowest BCUT2D eigenvalue weighted by Crippen LogP contribution is -2.24. The van der Waals surface area contributed by atoms with E-state index < -0.39 is 0 Å². The van der Waals surface area contributed by atoms with E-state index in [4.69, 9.17) is 16.2 Å². The fraction of sp³-hybridized carbons (Fsp3) is 0.333. The van der Waals surface area contributed by atoms with E-state index in [-0.39, 0.29) is 18.3 Å². The predicted molar refractivity (Wildman–Crippen MR) is 66.9 cm³/mol. The number of hydrogen-bond donors (Lipinski definition) is 2. The molecule has 1 aromatic rings. The highest BCUT2D eigenvalue weighted by molar-refractivity contribution is 5.92. The first kappa shape index (κ1) is 13.0. The summed E-state index contributed by atoms with van der Waals surface area (Å²) in [6.07, 6.45) is 1.05. The van der Waals surface area contributed by atoms with Gasteiger partial charge in [0.15, 0.2) is 5.96 Å². The lowest BCUT2D eigenvalue weighted by atomic mass is 10.1. The second-order valence-electron chi connectivity index (χ2n) is 3.61. The highest BCUT2D eigenvalue weighted by Crippen LogP contribution is 2.21. The van der Waals surface area contributed by atoms with Gasteiger partial charge >= 0.3 is 0 Å². The van der Waals surface area contributed by atoms with Crippen molar-refractivity contribution >= 4 is 11.9 Å². The lowest BCUT2D eigenvalue weighted by molar-refractivity contribution is -0.117. The van der Waals surface area contributed by atoms with Gasteiger partial charge in [0.05, 0.1) is 13.5 Å². The van der Waals surface area contributed by atoms with E-state index in [0.29, 0.717) is 5.75 Å². The average molecular weight is 235 g/mol. The Morgan fingerprint density at radius 3 is 2.65 bits per heavy atom. The average Bonchev–Trinajstić information content (AvgIpc) is 2.28. The molecule has 0 heterocycles. The highest BCUT2D eigenvalue weighted by atomic mass is 16.5. The number of methoxy groups -OCH3 is 1. The van der Waals surface area contributed by atoms with Crippen LogP contribution in [0.1, 0.15) is 18.1 Å². The van der Waals surface area contributed by atoms with Crippen molar-refractivity contribution in [1.82, 2.24) is 0 Å². The second kappa shape index (κ2) is 5.89. The summed E-state index contributed by atoms with van der Waals surface area (Å²) in [7, 11) is 1.57. The summed E-state index contributed by atoms with van der Waals surface area (Å²) < 4.78 is 5.23. The van der Waals surface area contributed by atoms with Crippen LogP contribution in [0.3, 0.4) is 0 Å². The number of rotatable bonds is 4. The van der Waals surface area contributed by atoms with E-state index in [2.05, 4.69) is 11.9 Å². The highest BCUT2D eigenvalue weighted by Gasteiger charge is 2.08. The van der Waals surface area contributed by atoms with Crippen molar-refractivity contribution < 1.29 is 9.53 Å². The summed E-state index contributed by atoms with van der Waals surface area (Å²) in [5.41, 5.74) is 12.2. The Balaban J connectivity index is 2.91. The molecule has 0 aliphatic rings. The van der Waals surface area contributed by atoms with Crippen LogP contribution in [0.5, 0.6) is 5.75 Å². The Morgan fingerprint density at radius 1 is 1.41 bits per heavy atom. The van der Waals surface area contributed by atoms with Gasteiger partial charge in [-0.3, -0.25) is 4.79 Å². The Labute approximate surface area is 100 Å². The van der Waals surface area contributed by atoms with Gasteiger partial charge in [-0.2, -0.15) is 4.99 Å². The smallest absolute Gasteiger partial charge is 0.253 e. The van der Waals surface area contributed by atoms with Crippen LogP contribution in [0, 0.1) is 0 Å². The molecule has 0 unspecified atom stereocenters. The van der Waals surface area contributed by atoms with Crippen LogP contribution in [-0.2, 0) is 17.6 Å². The molecule has 5 heteroatoms. The van der Waals surface area contributed by atoms with Gasteiger partial charge in [0, 0.05) is 5.56 Å². The van der Waals surface area contributed by atoms with Gasteiger partial charge in [-0.1, -0.05) is 19.1 Å². The first-order valence-corrected chi connectivity index (χ1v) is 5.35. The minimum absolute atomic E-state index is 0.130. The summed E-state index contributed by atoms with van der Waals surface area (Å²) in [6, 6.07) is 5.73. The molecule has 0 radical (unpaired) electrons. The molecule has 1 rings (SSSR count). The van der Waals surface area contributed by atoms with Crippen LogP contribution in [0.4, 0.5) is 0 Å². The number of amides is 1. The molecule has 0 spiro atoms. The van der Waals surface area contributed by atoms with Crippen molar-refractivity contribution in [3.05, 3.63) is 29.3 Å². The number of carbonyl (C=O) groups excluding carboxylic acids is 1. The third kappa shape index (κ3) is 3.79. The first-order chi connectivity index (χ1) is 8.06. The van der Waals surface area contributed by atoms with Crippen molar-refractivity contribution in [3.63, 3.8) is 0 Å². The second-order valence-corrected chi connectivity index (χ2v) is 3.61. The Hall–Kier alpha value is -2.04. The van der Waals surface area contributed by atoms with Crippen LogP contribution in [0.25, 0.3) is 0 Å². The predicted octanol–water partition coefficient (Wildman–Crippen LogP) is 0.600. The van der Waals surface area contributed by atoms with Crippen LogP contribution < -0.4 is 16.2 Å². The van der Waals surface area contributed by atoms with Crippen LogP contribution in [0.2, 0.25) is 0 Å². The molecule has 0 aliphatic heterocycles. The maximum Gasteiger partial charge on any atom is 0.253 e. The van der Waals surface area contributed by atoms with Gasteiger partial charge < -0.3 is 16.2 Å². The first-order valence-electron chi connectivity index (χ1n) is 5.35. The fourth-order valence-corrected chi connectivity index (χ4v) is 1.50. The minimum Gasteiger partial charge on any atom is -0.496 e. The number of aliphatic imine (C=N–C) groups is 1. The molecule has 0 saturated heterocycles. The molecule has 0 atom stereocenters. The molecular weight excluding hydrogens is 218 g/mol. The molecule has 0 aliphatic carbocycles. The summed E-state index contributed by atoms with van der Waals surface area (Å²) in [5, 5.41) is 0. The zero-order valence-corrected chi connectivity index (χ0v) is 10.1. The Morgan fingerprint density at radius 2 is 2.12 bits per heavy atom. The number of guanidine groups is 1. The molecule has 0 bridgehead atoms. The quantitative estimate of drug-likeness (QED) is 0.590.